The first-order valence-electron chi connectivity index (χ1n) is 13.0. The van der Waals surface area contributed by atoms with E-state index in [1.54, 1.807) is 0 Å². The lowest BCUT2D eigenvalue weighted by molar-refractivity contribution is 0.544. The molecule has 32 heavy (non-hydrogen) atoms. The number of halogens is 1. The van der Waals surface area contributed by atoms with Crippen molar-refractivity contribution in [3.8, 4) is 0 Å². The van der Waals surface area contributed by atoms with Gasteiger partial charge in [-0.1, -0.05) is 102 Å². The van der Waals surface area contributed by atoms with Crippen LogP contribution in [0.4, 0.5) is 11.4 Å². The zero-order valence-corrected chi connectivity index (χ0v) is 22.3. The molecule has 2 aromatic rings. The molecule has 0 amide bonds. The van der Waals surface area contributed by atoms with Gasteiger partial charge in [-0.2, -0.15) is 0 Å². The standard InChI is InChI=1S/C30H47N.ClH/c1-6-7-8-9-10-11-12-13-14-15-16-17-24-31(29-22-18-20-25(2)27(29)4)30-23-19-21-26(3)28(30)5;/h18-23H,6-17,24H2,1-5H3;1H. The van der Waals surface area contributed by atoms with Crippen LogP contribution in [0.25, 0.3) is 0 Å². The van der Waals surface area contributed by atoms with Gasteiger partial charge < -0.3 is 4.90 Å². The van der Waals surface area contributed by atoms with Crippen molar-refractivity contribution in [3.05, 3.63) is 58.7 Å². The fourth-order valence-corrected chi connectivity index (χ4v) is 4.54. The predicted molar refractivity (Wildman–Crippen MR) is 147 cm³/mol. The van der Waals surface area contributed by atoms with Crippen LogP contribution in [0.5, 0.6) is 0 Å². The molecule has 0 bridgehead atoms. The highest BCUT2D eigenvalue weighted by Gasteiger charge is 2.15. The number of hydrogen-bond acceptors (Lipinski definition) is 1. The summed E-state index contributed by atoms with van der Waals surface area (Å²) in [5.41, 5.74) is 8.31. The van der Waals surface area contributed by atoms with Gasteiger partial charge in [0.25, 0.3) is 0 Å². The summed E-state index contributed by atoms with van der Waals surface area (Å²) < 4.78 is 0. The minimum absolute atomic E-state index is 0. The second kappa shape index (κ2) is 16.2. The van der Waals surface area contributed by atoms with Crippen LogP contribution >= 0.6 is 12.4 Å². The average molecular weight is 458 g/mol. The molecule has 0 saturated heterocycles. The molecule has 2 rings (SSSR count). The van der Waals surface area contributed by atoms with E-state index < -0.39 is 0 Å². The maximum absolute atomic E-state index is 2.57. The van der Waals surface area contributed by atoms with Crippen molar-refractivity contribution in [2.24, 2.45) is 0 Å². The molecule has 0 heterocycles. The molecule has 0 aliphatic rings. The van der Waals surface area contributed by atoms with Gasteiger partial charge in [-0.3, -0.25) is 0 Å². The van der Waals surface area contributed by atoms with Gasteiger partial charge in [0.1, 0.15) is 0 Å². The van der Waals surface area contributed by atoms with E-state index in [-0.39, 0.29) is 12.4 Å². The summed E-state index contributed by atoms with van der Waals surface area (Å²) in [5.74, 6) is 0. The van der Waals surface area contributed by atoms with Gasteiger partial charge in [0, 0.05) is 17.9 Å². The van der Waals surface area contributed by atoms with Crippen molar-refractivity contribution in [2.75, 3.05) is 11.4 Å². The van der Waals surface area contributed by atoms with E-state index in [0.29, 0.717) is 0 Å². The summed E-state index contributed by atoms with van der Waals surface area (Å²) in [4.78, 5) is 2.57. The monoisotopic (exact) mass is 457 g/mol. The van der Waals surface area contributed by atoms with Crippen LogP contribution in [0.15, 0.2) is 36.4 Å². The first kappa shape index (κ1) is 28.6. The van der Waals surface area contributed by atoms with Crippen LogP contribution in [-0.2, 0) is 0 Å². The molecule has 0 saturated carbocycles. The minimum atomic E-state index is 0. The topological polar surface area (TPSA) is 3.24 Å². The number of anilines is 2. The first-order chi connectivity index (χ1) is 15.1. The molecule has 0 spiro atoms. The second-order valence-electron chi connectivity index (χ2n) is 9.48. The van der Waals surface area contributed by atoms with Crippen LogP contribution in [-0.4, -0.2) is 6.54 Å². The zero-order chi connectivity index (χ0) is 22.5. The third kappa shape index (κ3) is 9.18. The van der Waals surface area contributed by atoms with E-state index in [9.17, 15) is 0 Å². The molecule has 0 aliphatic carbocycles. The third-order valence-corrected chi connectivity index (χ3v) is 6.97. The number of rotatable bonds is 15. The highest BCUT2D eigenvalue weighted by molar-refractivity contribution is 5.85. The maximum Gasteiger partial charge on any atom is 0.0443 e. The second-order valence-corrected chi connectivity index (χ2v) is 9.48. The Morgan fingerprint density at radius 3 is 1.31 bits per heavy atom. The van der Waals surface area contributed by atoms with Crippen molar-refractivity contribution in [3.63, 3.8) is 0 Å². The molecule has 0 aromatic heterocycles. The highest BCUT2D eigenvalue weighted by Crippen LogP contribution is 2.33. The lowest BCUT2D eigenvalue weighted by Crippen LogP contribution is -2.21. The molecule has 1 nitrogen and oxygen atoms in total. The molecule has 2 aromatic carbocycles. The van der Waals surface area contributed by atoms with Crippen molar-refractivity contribution in [1.82, 2.24) is 0 Å². The molecular formula is C30H48ClN. The maximum atomic E-state index is 2.57. The Hall–Kier alpha value is -1.47. The van der Waals surface area contributed by atoms with Gasteiger partial charge >= 0.3 is 0 Å². The number of unbranched alkanes of at least 4 members (excludes halogenated alkanes) is 11. The summed E-state index contributed by atoms with van der Waals surface area (Å²) in [6.45, 7) is 12.4. The highest BCUT2D eigenvalue weighted by atomic mass is 35.5. The largest absolute Gasteiger partial charge is 0.341 e. The van der Waals surface area contributed by atoms with Crippen molar-refractivity contribution >= 4 is 23.8 Å². The van der Waals surface area contributed by atoms with Gasteiger partial charge in [0.2, 0.25) is 0 Å². The summed E-state index contributed by atoms with van der Waals surface area (Å²) >= 11 is 0. The number of nitrogens with zero attached hydrogens (tertiary/aromatic N) is 1. The summed E-state index contributed by atoms with van der Waals surface area (Å²) in [5, 5.41) is 0. The third-order valence-electron chi connectivity index (χ3n) is 6.97. The lowest BCUT2D eigenvalue weighted by atomic mass is 10.0. The SMILES string of the molecule is CCCCCCCCCCCCCCN(c1cccc(C)c1C)c1cccc(C)c1C.Cl. The van der Waals surface area contributed by atoms with Gasteiger partial charge in [0.15, 0.2) is 0 Å². The van der Waals surface area contributed by atoms with Crippen LogP contribution in [0, 0.1) is 27.7 Å². The van der Waals surface area contributed by atoms with Crippen molar-refractivity contribution in [2.45, 2.75) is 112 Å². The Kier molecular flexibility index (Phi) is 14.5. The van der Waals surface area contributed by atoms with Gasteiger partial charge in [-0.25, -0.2) is 0 Å². The van der Waals surface area contributed by atoms with Crippen molar-refractivity contribution in [1.29, 1.82) is 0 Å². The zero-order valence-electron chi connectivity index (χ0n) is 21.5. The average Bonchev–Trinajstić information content (AvgIpc) is 2.76. The Balaban J connectivity index is 0.00000512. The Bertz CT molecular complexity index is 716. The van der Waals surface area contributed by atoms with Crippen LogP contribution in [0.3, 0.4) is 0 Å². The predicted octanol–water partition coefficient (Wildman–Crippen LogP) is 10.2. The summed E-state index contributed by atoms with van der Waals surface area (Å²) in [6, 6.07) is 13.5. The number of aryl methyl sites for hydroxylation is 2. The number of benzene rings is 2. The molecule has 0 fully saturated rings. The van der Waals surface area contributed by atoms with Gasteiger partial charge in [-0.15, -0.1) is 12.4 Å². The molecular weight excluding hydrogens is 410 g/mol. The van der Waals surface area contributed by atoms with Gasteiger partial charge in [-0.05, 0) is 68.5 Å². The minimum Gasteiger partial charge on any atom is -0.341 e. The molecule has 0 atom stereocenters. The normalized spacial score (nSPS) is 10.8. The van der Waals surface area contributed by atoms with Crippen LogP contribution in [0.2, 0.25) is 0 Å². The Morgan fingerprint density at radius 2 is 0.906 bits per heavy atom. The first-order valence-corrected chi connectivity index (χ1v) is 13.0. The Morgan fingerprint density at radius 1 is 0.531 bits per heavy atom. The van der Waals surface area contributed by atoms with Gasteiger partial charge in [0.05, 0.1) is 0 Å². The molecule has 0 N–H and O–H groups in total. The molecule has 0 aliphatic heterocycles. The molecule has 2 heteroatoms. The quantitative estimate of drug-likeness (QED) is 0.240. The summed E-state index contributed by atoms with van der Waals surface area (Å²) in [7, 11) is 0. The number of hydrogen-bond donors (Lipinski definition) is 0. The summed E-state index contributed by atoms with van der Waals surface area (Å²) in [6.07, 6.45) is 16.8. The van der Waals surface area contributed by atoms with Crippen molar-refractivity contribution < 1.29 is 0 Å². The van der Waals surface area contributed by atoms with E-state index in [4.69, 9.17) is 0 Å². The van der Waals surface area contributed by atoms with E-state index >= 15 is 0 Å². The van der Waals surface area contributed by atoms with E-state index in [1.165, 1.54) is 111 Å². The molecule has 0 unspecified atom stereocenters. The molecule has 0 radical (unpaired) electrons. The van der Waals surface area contributed by atoms with E-state index in [2.05, 4.69) is 75.9 Å². The van der Waals surface area contributed by atoms with E-state index in [0.717, 1.165) is 6.54 Å². The fourth-order valence-electron chi connectivity index (χ4n) is 4.54. The smallest absolute Gasteiger partial charge is 0.0443 e. The lowest BCUT2D eigenvalue weighted by Gasteiger charge is -2.29. The Labute approximate surface area is 205 Å². The van der Waals surface area contributed by atoms with E-state index in [1.807, 2.05) is 0 Å². The molecule has 180 valence electrons. The fraction of sp³-hybridized carbons (Fsp3) is 0.600. The van der Waals surface area contributed by atoms with Crippen LogP contribution in [0.1, 0.15) is 106 Å². The van der Waals surface area contributed by atoms with Crippen LogP contribution < -0.4 is 4.90 Å².